The Morgan fingerprint density at radius 3 is 1.67 bits per heavy atom. The van der Waals surface area contributed by atoms with Crippen molar-refractivity contribution in [3.63, 3.8) is 0 Å². The van der Waals surface area contributed by atoms with Crippen molar-refractivity contribution in [1.82, 2.24) is 0 Å². The molecule has 0 heterocycles. The maximum absolute atomic E-state index is 7.12. The fourth-order valence-electron chi connectivity index (χ4n) is 0.0319. The standard InChI is InChI=1S/C2H5I2NP/c3-1-6(5)2-4/h5H,1-2H2/q+1. The van der Waals surface area contributed by atoms with E-state index in [-0.39, 0.29) is 7.71 Å². The number of halogens is 2. The van der Waals surface area contributed by atoms with Crippen molar-refractivity contribution in [2.45, 2.75) is 0 Å². The first-order valence-corrected chi connectivity index (χ1v) is 6.15. The second-order valence-electron chi connectivity index (χ2n) is 0.779. The third kappa shape index (κ3) is 3.74. The third-order valence-corrected chi connectivity index (χ3v) is 5.81. The highest BCUT2D eigenvalue weighted by atomic mass is 127. The minimum absolute atomic E-state index is 0.353. The van der Waals surface area contributed by atoms with E-state index in [1.165, 1.54) is 0 Å². The van der Waals surface area contributed by atoms with Crippen LogP contribution in [0.4, 0.5) is 0 Å². The quantitative estimate of drug-likeness (QED) is 0.458. The Balaban J connectivity index is 2.99. The fraction of sp³-hybridized carbons (Fsp3) is 1.00. The van der Waals surface area contributed by atoms with Crippen molar-refractivity contribution in [2.24, 2.45) is 0 Å². The second-order valence-corrected chi connectivity index (χ2v) is 6.43. The number of alkyl halides is 2. The van der Waals surface area contributed by atoms with Crippen molar-refractivity contribution < 1.29 is 0 Å². The van der Waals surface area contributed by atoms with E-state index >= 15 is 0 Å². The van der Waals surface area contributed by atoms with Gasteiger partial charge in [0.1, 0.15) is 0 Å². The van der Waals surface area contributed by atoms with Crippen molar-refractivity contribution in [2.75, 3.05) is 8.34 Å². The number of hydrogen-bond donors (Lipinski definition) is 1. The molecule has 1 N–H and O–H groups in total. The molecule has 0 atom stereocenters. The molecule has 0 unspecified atom stereocenters. The van der Waals surface area contributed by atoms with Gasteiger partial charge in [0.2, 0.25) is 7.71 Å². The van der Waals surface area contributed by atoms with Crippen LogP contribution in [0.2, 0.25) is 0 Å². The molecule has 0 saturated heterocycles. The van der Waals surface area contributed by atoms with Gasteiger partial charge in [0.05, 0.1) is 0 Å². The van der Waals surface area contributed by atoms with Gasteiger partial charge in [-0.3, -0.25) is 0 Å². The Morgan fingerprint density at radius 1 is 1.33 bits per heavy atom. The Labute approximate surface area is 65.8 Å². The van der Waals surface area contributed by atoms with Gasteiger partial charge >= 0.3 is 0 Å². The molecule has 6 heavy (non-hydrogen) atoms. The van der Waals surface area contributed by atoms with Crippen LogP contribution in [0.3, 0.4) is 0 Å². The second kappa shape index (κ2) is 4.71. The van der Waals surface area contributed by atoms with Crippen LogP contribution < -0.4 is 0 Å². The summed E-state index contributed by atoms with van der Waals surface area (Å²) in [6, 6.07) is 0. The third-order valence-electron chi connectivity index (χ3n) is 0.289. The summed E-state index contributed by atoms with van der Waals surface area (Å²) in [4.78, 5) is 0. The minimum atomic E-state index is -0.353. The van der Waals surface area contributed by atoms with Gasteiger partial charge in [0, 0.05) is 0 Å². The van der Waals surface area contributed by atoms with E-state index in [1.54, 1.807) is 0 Å². The Kier molecular flexibility index (Phi) is 5.94. The lowest BCUT2D eigenvalue weighted by atomic mass is 11.9. The van der Waals surface area contributed by atoms with Crippen molar-refractivity contribution in [1.29, 1.82) is 5.16 Å². The minimum Gasteiger partial charge on any atom is -0.123 e. The molecule has 4 heteroatoms. The molecule has 0 radical (unpaired) electrons. The molecule has 36 valence electrons. The molecular formula is C2H5I2NP+. The Bertz CT molecular complexity index is 49.5. The number of hydrogen-bond acceptors (Lipinski definition) is 1. The average Bonchev–Trinajstić information content (AvgIpc) is 1.65. The monoisotopic (exact) mass is 328 g/mol. The zero-order chi connectivity index (χ0) is 4.99. The molecule has 0 aliphatic heterocycles. The summed E-state index contributed by atoms with van der Waals surface area (Å²) in [6.45, 7) is 0. The molecule has 1 nitrogen and oxygen atoms in total. The van der Waals surface area contributed by atoms with Gasteiger partial charge in [-0.15, -0.1) is 5.16 Å². The van der Waals surface area contributed by atoms with Crippen LogP contribution in [-0.2, 0) is 0 Å². The first kappa shape index (κ1) is 7.56. The van der Waals surface area contributed by atoms with Crippen molar-refractivity contribution >= 4 is 52.9 Å². The van der Waals surface area contributed by atoms with Gasteiger partial charge < -0.3 is 0 Å². The van der Waals surface area contributed by atoms with Crippen molar-refractivity contribution in [3.05, 3.63) is 0 Å². The molecule has 0 amide bonds. The van der Waals surface area contributed by atoms with Crippen LogP contribution in [0.25, 0.3) is 0 Å². The Morgan fingerprint density at radius 2 is 1.67 bits per heavy atom. The largest absolute Gasteiger partial charge is 0.217 e. The van der Waals surface area contributed by atoms with Crippen molar-refractivity contribution in [3.8, 4) is 0 Å². The van der Waals surface area contributed by atoms with Crippen LogP contribution in [0.5, 0.6) is 0 Å². The SMILES string of the molecule is N=[P+](CI)CI. The van der Waals surface area contributed by atoms with Crippen LogP contribution in [-0.4, -0.2) is 8.34 Å². The highest BCUT2D eigenvalue weighted by molar-refractivity contribution is 14.1. The summed E-state index contributed by atoms with van der Waals surface area (Å²) in [5.41, 5.74) is 0. The first-order valence-electron chi connectivity index (χ1n) is 1.39. The van der Waals surface area contributed by atoms with Gasteiger partial charge in [0.15, 0.2) is 8.34 Å². The lowest BCUT2D eigenvalue weighted by Gasteiger charge is -1.69. The van der Waals surface area contributed by atoms with E-state index in [1.807, 2.05) is 0 Å². The molecule has 0 saturated carbocycles. The molecule has 0 rings (SSSR count). The Hall–Kier alpha value is 1.56. The summed E-state index contributed by atoms with van der Waals surface area (Å²) in [7, 11) is -0.353. The molecule has 0 spiro atoms. The molecule has 0 fully saturated rings. The zero-order valence-corrected chi connectivity index (χ0v) is 8.33. The van der Waals surface area contributed by atoms with E-state index in [4.69, 9.17) is 5.16 Å². The molecule has 0 aromatic rings. The zero-order valence-electron chi connectivity index (χ0n) is 3.12. The average molecular weight is 328 g/mol. The van der Waals surface area contributed by atoms with E-state index < -0.39 is 0 Å². The van der Waals surface area contributed by atoms with Gasteiger partial charge in [-0.2, -0.15) is 0 Å². The summed E-state index contributed by atoms with van der Waals surface area (Å²) in [6.07, 6.45) is 0. The topological polar surface area (TPSA) is 23.9 Å². The van der Waals surface area contributed by atoms with Gasteiger partial charge in [-0.25, -0.2) is 0 Å². The van der Waals surface area contributed by atoms with E-state index in [0.29, 0.717) is 0 Å². The van der Waals surface area contributed by atoms with Gasteiger partial charge in [-0.05, 0) is 45.2 Å². The predicted octanol–water partition coefficient (Wildman–Crippen LogP) is 3.02. The highest BCUT2D eigenvalue weighted by Crippen LogP contribution is 2.25. The molecule has 0 aliphatic rings. The molecule has 0 bridgehead atoms. The summed E-state index contributed by atoms with van der Waals surface area (Å²) in [5.74, 6) is 0. The molecule has 0 aromatic heterocycles. The maximum atomic E-state index is 7.12. The van der Waals surface area contributed by atoms with Gasteiger partial charge in [-0.1, -0.05) is 0 Å². The molecule has 0 aliphatic carbocycles. The summed E-state index contributed by atoms with van der Waals surface area (Å²) >= 11 is 4.50. The van der Waals surface area contributed by atoms with Crippen LogP contribution >= 0.6 is 52.9 Å². The normalized spacial score (nSPS) is 8.33. The predicted molar refractivity (Wildman–Crippen MR) is 47.4 cm³/mol. The van der Waals surface area contributed by atoms with E-state index in [0.717, 1.165) is 8.34 Å². The van der Waals surface area contributed by atoms with Crippen LogP contribution in [0.1, 0.15) is 0 Å². The van der Waals surface area contributed by atoms with E-state index in [2.05, 4.69) is 45.2 Å². The van der Waals surface area contributed by atoms with E-state index in [9.17, 15) is 0 Å². The number of nitrogens with one attached hydrogen (secondary N) is 1. The van der Waals surface area contributed by atoms with Crippen LogP contribution in [0.15, 0.2) is 0 Å². The lowest BCUT2D eigenvalue weighted by molar-refractivity contribution is 1.61. The molecule has 0 aromatic carbocycles. The highest BCUT2D eigenvalue weighted by Gasteiger charge is 1.98. The molecular weight excluding hydrogens is 323 g/mol. The summed E-state index contributed by atoms with van der Waals surface area (Å²) in [5, 5.41) is 7.12. The first-order chi connectivity index (χ1) is 2.81. The number of rotatable bonds is 2. The smallest absolute Gasteiger partial charge is 0.123 e. The fourth-order valence-corrected chi connectivity index (χ4v) is 4.31. The van der Waals surface area contributed by atoms with Crippen LogP contribution in [0, 0.1) is 5.16 Å². The van der Waals surface area contributed by atoms with Gasteiger partial charge in [0.25, 0.3) is 0 Å². The lowest BCUT2D eigenvalue weighted by Crippen LogP contribution is -1.56. The maximum Gasteiger partial charge on any atom is 0.217 e. The summed E-state index contributed by atoms with van der Waals surface area (Å²) < 4.78 is 2.05.